The SMILES string of the molecule is CN(C)c1ccc(/C=N/NC(=O)c2[nH]ncc2Br)cc1. The van der Waals surface area contributed by atoms with Gasteiger partial charge in [-0.1, -0.05) is 12.1 Å². The number of carbonyl (C=O) groups excluding carboxylic acids is 1. The molecular formula is C13H14BrN5O. The van der Waals surface area contributed by atoms with Crippen molar-refractivity contribution in [2.24, 2.45) is 5.10 Å². The van der Waals surface area contributed by atoms with Crippen LogP contribution in [0.4, 0.5) is 5.69 Å². The lowest BCUT2D eigenvalue weighted by Crippen LogP contribution is -2.18. The standard InChI is InChI=1S/C13H14BrN5O/c1-19(2)10-5-3-9(4-6-10)7-15-18-13(20)12-11(14)8-16-17-12/h3-8H,1-2H3,(H,16,17)(H,18,20)/b15-7+. The monoisotopic (exact) mass is 335 g/mol. The third kappa shape index (κ3) is 3.45. The number of carbonyl (C=O) groups is 1. The summed E-state index contributed by atoms with van der Waals surface area (Å²) in [4.78, 5) is 13.7. The molecule has 2 aromatic rings. The molecule has 6 nitrogen and oxygen atoms in total. The van der Waals surface area contributed by atoms with Crippen LogP contribution in [0, 0.1) is 0 Å². The van der Waals surface area contributed by atoms with E-state index in [4.69, 9.17) is 0 Å². The zero-order chi connectivity index (χ0) is 14.5. The van der Waals surface area contributed by atoms with Crippen LogP contribution in [-0.4, -0.2) is 36.4 Å². The predicted octanol–water partition coefficient (Wildman–Crippen LogP) is 2.00. The second-order valence-corrected chi connectivity index (χ2v) is 5.13. The summed E-state index contributed by atoms with van der Waals surface area (Å²) in [6.45, 7) is 0. The van der Waals surface area contributed by atoms with E-state index in [1.807, 2.05) is 43.3 Å². The van der Waals surface area contributed by atoms with E-state index in [0.717, 1.165) is 11.3 Å². The van der Waals surface area contributed by atoms with Gasteiger partial charge in [0.05, 0.1) is 16.9 Å². The first kappa shape index (κ1) is 14.3. The summed E-state index contributed by atoms with van der Waals surface area (Å²) in [6.07, 6.45) is 3.10. The molecule has 0 aliphatic rings. The lowest BCUT2D eigenvalue weighted by atomic mass is 10.2. The van der Waals surface area contributed by atoms with Gasteiger partial charge >= 0.3 is 0 Å². The van der Waals surface area contributed by atoms with Crippen molar-refractivity contribution in [2.75, 3.05) is 19.0 Å². The van der Waals surface area contributed by atoms with Gasteiger partial charge in [-0.3, -0.25) is 9.89 Å². The van der Waals surface area contributed by atoms with Crippen LogP contribution in [0.5, 0.6) is 0 Å². The molecule has 0 atom stereocenters. The number of aromatic amines is 1. The summed E-state index contributed by atoms with van der Waals surface area (Å²) < 4.78 is 0.598. The van der Waals surface area contributed by atoms with Gasteiger partial charge in [0.1, 0.15) is 5.69 Å². The van der Waals surface area contributed by atoms with E-state index < -0.39 is 0 Å². The van der Waals surface area contributed by atoms with Crippen molar-refractivity contribution < 1.29 is 4.79 Å². The number of nitrogens with one attached hydrogen (secondary N) is 2. The van der Waals surface area contributed by atoms with Crippen LogP contribution in [0.15, 0.2) is 40.0 Å². The molecule has 1 amide bonds. The fraction of sp³-hybridized carbons (Fsp3) is 0.154. The van der Waals surface area contributed by atoms with E-state index in [0.29, 0.717) is 10.2 Å². The molecule has 7 heteroatoms. The molecule has 0 spiro atoms. The van der Waals surface area contributed by atoms with Crippen molar-refractivity contribution in [3.63, 3.8) is 0 Å². The third-order valence-corrected chi connectivity index (χ3v) is 3.21. The summed E-state index contributed by atoms with van der Waals surface area (Å²) in [5, 5.41) is 10.2. The van der Waals surface area contributed by atoms with Gasteiger partial charge in [-0.2, -0.15) is 10.2 Å². The Bertz CT molecular complexity index is 618. The molecule has 0 aliphatic carbocycles. The minimum absolute atomic E-state index is 0.338. The zero-order valence-electron chi connectivity index (χ0n) is 11.1. The third-order valence-electron chi connectivity index (χ3n) is 2.61. The maximum atomic E-state index is 11.7. The van der Waals surface area contributed by atoms with Crippen molar-refractivity contribution in [1.29, 1.82) is 0 Å². The van der Waals surface area contributed by atoms with E-state index in [1.54, 1.807) is 6.21 Å². The summed E-state index contributed by atoms with van der Waals surface area (Å²) in [5.41, 5.74) is 4.78. The summed E-state index contributed by atoms with van der Waals surface area (Å²) in [5.74, 6) is -0.351. The van der Waals surface area contributed by atoms with Gasteiger partial charge in [0.2, 0.25) is 0 Å². The minimum atomic E-state index is -0.351. The summed E-state index contributed by atoms with van der Waals surface area (Å²) in [7, 11) is 3.96. The number of benzene rings is 1. The Kier molecular flexibility index (Phi) is 4.52. The Morgan fingerprint density at radius 1 is 1.40 bits per heavy atom. The van der Waals surface area contributed by atoms with Gasteiger partial charge in [0.25, 0.3) is 5.91 Å². The van der Waals surface area contributed by atoms with Crippen LogP contribution in [0.2, 0.25) is 0 Å². The summed E-state index contributed by atoms with van der Waals surface area (Å²) >= 11 is 3.21. The molecule has 0 fully saturated rings. The van der Waals surface area contributed by atoms with Crippen LogP contribution in [0.3, 0.4) is 0 Å². The molecule has 20 heavy (non-hydrogen) atoms. The maximum absolute atomic E-state index is 11.7. The van der Waals surface area contributed by atoms with Crippen molar-refractivity contribution >= 4 is 33.7 Å². The van der Waals surface area contributed by atoms with Gasteiger partial charge in [0.15, 0.2) is 0 Å². The highest BCUT2D eigenvalue weighted by Gasteiger charge is 2.10. The van der Waals surface area contributed by atoms with Crippen LogP contribution < -0.4 is 10.3 Å². The van der Waals surface area contributed by atoms with Crippen molar-refractivity contribution in [3.8, 4) is 0 Å². The van der Waals surface area contributed by atoms with Crippen LogP contribution in [-0.2, 0) is 0 Å². The molecule has 1 aromatic carbocycles. The number of anilines is 1. The van der Waals surface area contributed by atoms with Crippen molar-refractivity contribution in [1.82, 2.24) is 15.6 Å². The average Bonchev–Trinajstić information content (AvgIpc) is 2.85. The van der Waals surface area contributed by atoms with E-state index in [-0.39, 0.29) is 5.91 Å². The van der Waals surface area contributed by atoms with Gasteiger partial charge in [-0.05, 0) is 33.6 Å². The van der Waals surface area contributed by atoms with Crippen molar-refractivity contribution in [3.05, 3.63) is 46.2 Å². The highest BCUT2D eigenvalue weighted by atomic mass is 79.9. The van der Waals surface area contributed by atoms with Gasteiger partial charge in [-0.25, -0.2) is 5.43 Å². The van der Waals surface area contributed by atoms with E-state index in [9.17, 15) is 4.79 Å². The van der Waals surface area contributed by atoms with Gasteiger partial charge in [0, 0.05) is 19.8 Å². The molecular weight excluding hydrogens is 322 g/mol. The van der Waals surface area contributed by atoms with Crippen LogP contribution in [0.1, 0.15) is 16.1 Å². The number of aromatic nitrogens is 2. The Balaban J connectivity index is 1.96. The average molecular weight is 336 g/mol. The topological polar surface area (TPSA) is 73.4 Å². The minimum Gasteiger partial charge on any atom is -0.378 e. The molecule has 2 N–H and O–H groups in total. The fourth-order valence-corrected chi connectivity index (χ4v) is 1.88. The number of rotatable bonds is 4. The first-order valence-corrected chi connectivity index (χ1v) is 6.67. The number of hydrazone groups is 1. The molecule has 0 aliphatic heterocycles. The molecule has 1 aromatic heterocycles. The van der Waals surface area contributed by atoms with Crippen molar-refractivity contribution in [2.45, 2.75) is 0 Å². The highest BCUT2D eigenvalue weighted by Crippen LogP contribution is 2.12. The molecule has 0 saturated heterocycles. The van der Waals surface area contributed by atoms with E-state index in [1.165, 1.54) is 6.20 Å². The number of halogens is 1. The Morgan fingerprint density at radius 2 is 2.10 bits per heavy atom. The first-order chi connectivity index (χ1) is 9.58. The molecule has 1 heterocycles. The van der Waals surface area contributed by atoms with Crippen LogP contribution in [0.25, 0.3) is 0 Å². The summed E-state index contributed by atoms with van der Waals surface area (Å²) in [6, 6.07) is 7.82. The number of hydrogen-bond donors (Lipinski definition) is 2. The molecule has 0 unspecified atom stereocenters. The van der Waals surface area contributed by atoms with Crippen LogP contribution >= 0.6 is 15.9 Å². The second kappa shape index (κ2) is 6.33. The molecule has 0 saturated carbocycles. The zero-order valence-corrected chi connectivity index (χ0v) is 12.7. The fourth-order valence-electron chi connectivity index (χ4n) is 1.51. The molecule has 0 bridgehead atoms. The number of hydrogen-bond acceptors (Lipinski definition) is 4. The molecule has 104 valence electrons. The van der Waals surface area contributed by atoms with Gasteiger partial charge in [-0.15, -0.1) is 0 Å². The number of amides is 1. The quantitative estimate of drug-likeness (QED) is 0.663. The Morgan fingerprint density at radius 3 is 2.65 bits per heavy atom. The Hall–Kier alpha value is -2.15. The van der Waals surface area contributed by atoms with E-state index in [2.05, 4.69) is 36.7 Å². The molecule has 0 radical (unpaired) electrons. The lowest BCUT2D eigenvalue weighted by molar-refractivity contribution is 0.0949. The predicted molar refractivity (Wildman–Crippen MR) is 82.1 cm³/mol. The second-order valence-electron chi connectivity index (χ2n) is 4.28. The first-order valence-electron chi connectivity index (χ1n) is 5.87. The smallest absolute Gasteiger partial charge is 0.290 e. The normalized spacial score (nSPS) is 10.8. The van der Waals surface area contributed by atoms with Gasteiger partial charge < -0.3 is 4.90 Å². The lowest BCUT2D eigenvalue weighted by Gasteiger charge is -2.11. The highest BCUT2D eigenvalue weighted by molar-refractivity contribution is 9.10. The Labute approximate surface area is 125 Å². The van der Waals surface area contributed by atoms with E-state index >= 15 is 0 Å². The number of nitrogens with zero attached hydrogens (tertiary/aromatic N) is 3. The molecule has 2 rings (SSSR count). The maximum Gasteiger partial charge on any atom is 0.290 e. The largest absolute Gasteiger partial charge is 0.378 e. The number of H-pyrrole nitrogens is 1.